The molecule has 4 nitrogen and oxygen atoms in total. The molecular weight excluding hydrogens is 240 g/mol. The van der Waals surface area contributed by atoms with Crippen molar-refractivity contribution in [3.63, 3.8) is 0 Å². The Balaban J connectivity index is 2.83. The summed E-state index contributed by atoms with van der Waals surface area (Å²) in [4.78, 5) is 11.8. The quantitative estimate of drug-likeness (QED) is 0.865. The number of aromatic hydroxyl groups is 1. The Kier molecular flexibility index (Phi) is 4.80. The number of nitrogens with one attached hydrogen (secondary N) is 1. The first-order valence-electron chi connectivity index (χ1n) is 5.27. The van der Waals surface area contributed by atoms with E-state index in [4.69, 9.17) is 16.9 Å². The van der Waals surface area contributed by atoms with Crippen molar-refractivity contribution in [2.45, 2.75) is 25.8 Å². The summed E-state index contributed by atoms with van der Waals surface area (Å²) >= 11 is 5.74. The largest absolute Gasteiger partial charge is 0.507 e. The molecule has 5 heteroatoms. The molecule has 1 unspecified atom stereocenters. The first-order valence-corrected chi connectivity index (χ1v) is 5.65. The molecule has 0 spiro atoms. The predicted molar refractivity (Wildman–Crippen MR) is 64.9 cm³/mol. The van der Waals surface area contributed by atoms with Gasteiger partial charge in [-0.1, -0.05) is 24.9 Å². The summed E-state index contributed by atoms with van der Waals surface area (Å²) in [6.07, 6.45) is 1.36. The Morgan fingerprint density at radius 3 is 2.94 bits per heavy atom. The predicted octanol–water partition coefficient (Wildman–Crippen LogP) is 2.47. The third kappa shape index (κ3) is 3.65. The number of phenolic OH excluding ortho intramolecular Hbond substituents is 1. The number of amides is 1. The van der Waals surface area contributed by atoms with Crippen LogP contribution in [0.1, 0.15) is 30.1 Å². The van der Waals surface area contributed by atoms with Crippen LogP contribution < -0.4 is 5.32 Å². The summed E-state index contributed by atoms with van der Waals surface area (Å²) in [5.74, 6) is -0.648. The summed E-state index contributed by atoms with van der Waals surface area (Å²) in [5, 5.41) is 21.2. The average Bonchev–Trinajstić information content (AvgIpc) is 2.31. The number of carbonyl (C=O) groups is 1. The molecule has 0 aliphatic rings. The second-order valence-corrected chi connectivity index (χ2v) is 4.04. The van der Waals surface area contributed by atoms with Gasteiger partial charge in [0.15, 0.2) is 0 Å². The third-order valence-corrected chi connectivity index (χ3v) is 2.48. The number of rotatable bonds is 4. The monoisotopic (exact) mass is 252 g/mol. The molecule has 0 aliphatic carbocycles. The summed E-state index contributed by atoms with van der Waals surface area (Å²) in [6, 6.07) is 5.64. The normalized spacial score (nSPS) is 11.6. The molecule has 0 radical (unpaired) electrons. The van der Waals surface area contributed by atoms with Crippen LogP contribution in [0.25, 0.3) is 0 Å². The molecule has 0 heterocycles. The lowest BCUT2D eigenvalue weighted by molar-refractivity contribution is 0.0941. The van der Waals surface area contributed by atoms with Crippen LogP contribution in [0.15, 0.2) is 18.2 Å². The maximum absolute atomic E-state index is 11.8. The molecule has 0 aliphatic heterocycles. The van der Waals surface area contributed by atoms with Crippen LogP contribution in [0, 0.1) is 11.3 Å². The van der Waals surface area contributed by atoms with Gasteiger partial charge >= 0.3 is 0 Å². The van der Waals surface area contributed by atoms with Gasteiger partial charge in [0, 0.05) is 5.02 Å². The SMILES string of the molecule is CCCC(C#N)NC(=O)c1cc(Cl)ccc1O. The Morgan fingerprint density at radius 1 is 1.65 bits per heavy atom. The number of phenols is 1. The van der Waals surface area contributed by atoms with E-state index in [1.165, 1.54) is 18.2 Å². The zero-order valence-corrected chi connectivity index (χ0v) is 10.2. The first-order chi connectivity index (χ1) is 8.08. The lowest BCUT2D eigenvalue weighted by Gasteiger charge is -2.11. The number of benzene rings is 1. The zero-order chi connectivity index (χ0) is 12.8. The minimum atomic E-state index is -0.550. The van der Waals surface area contributed by atoms with Gasteiger partial charge in [-0.3, -0.25) is 4.79 Å². The van der Waals surface area contributed by atoms with Crippen LogP contribution in [0.2, 0.25) is 5.02 Å². The minimum Gasteiger partial charge on any atom is -0.507 e. The number of nitriles is 1. The van der Waals surface area contributed by atoms with Crippen molar-refractivity contribution in [3.8, 4) is 11.8 Å². The Hall–Kier alpha value is -1.73. The first kappa shape index (κ1) is 13.3. The van der Waals surface area contributed by atoms with Crippen molar-refractivity contribution < 1.29 is 9.90 Å². The van der Waals surface area contributed by atoms with E-state index < -0.39 is 11.9 Å². The van der Waals surface area contributed by atoms with Crippen molar-refractivity contribution in [3.05, 3.63) is 28.8 Å². The zero-order valence-electron chi connectivity index (χ0n) is 9.40. The van der Waals surface area contributed by atoms with E-state index in [0.717, 1.165) is 6.42 Å². The van der Waals surface area contributed by atoms with E-state index in [1.54, 1.807) is 0 Å². The summed E-state index contributed by atoms with van der Waals surface area (Å²) in [6.45, 7) is 1.92. The van der Waals surface area contributed by atoms with E-state index in [-0.39, 0.29) is 11.3 Å². The van der Waals surface area contributed by atoms with Crippen LogP contribution in [0.3, 0.4) is 0 Å². The van der Waals surface area contributed by atoms with Crippen molar-refractivity contribution in [1.29, 1.82) is 5.26 Å². The van der Waals surface area contributed by atoms with E-state index in [1.807, 2.05) is 13.0 Å². The van der Waals surface area contributed by atoms with Crippen LogP contribution in [-0.2, 0) is 0 Å². The minimum absolute atomic E-state index is 0.0776. The number of carbonyl (C=O) groups excluding carboxylic acids is 1. The molecule has 1 aromatic carbocycles. The van der Waals surface area contributed by atoms with Gasteiger partial charge in [0.25, 0.3) is 5.91 Å². The molecule has 0 fully saturated rings. The molecule has 90 valence electrons. The molecule has 1 atom stereocenters. The Morgan fingerprint density at radius 2 is 2.35 bits per heavy atom. The lowest BCUT2D eigenvalue weighted by Crippen LogP contribution is -2.33. The molecular formula is C12H13ClN2O2. The number of hydrogen-bond donors (Lipinski definition) is 2. The molecule has 1 aromatic rings. The number of halogens is 1. The molecule has 1 amide bonds. The molecule has 0 saturated carbocycles. The van der Waals surface area contributed by atoms with Crippen molar-refractivity contribution >= 4 is 17.5 Å². The van der Waals surface area contributed by atoms with E-state index >= 15 is 0 Å². The van der Waals surface area contributed by atoms with E-state index in [0.29, 0.717) is 11.4 Å². The van der Waals surface area contributed by atoms with Crippen molar-refractivity contribution in [2.24, 2.45) is 0 Å². The highest BCUT2D eigenvalue weighted by Crippen LogP contribution is 2.21. The van der Waals surface area contributed by atoms with Crippen LogP contribution in [0.5, 0.6) is 5.75 Å². The van der Waals surface area contributed by atoms with Crippen molar-refractivity contribution in [1.82, 2.24) is 5.32 Å². The molecule has 2 N–H and O–H groups in total. The smallest absolute Gasteiger partial charge is 0.256 e. The van der Waals surface area contributed by atoms with Crippen LogP contribution >= 0.6 is 11.6 Å². The van der Waals surface area contributed by atoms with Gasteiger partial charge in [-0.05, 0) is 24.6 Å². The molecule has 1 rings (SSSR count). The van der Waals surface area contributed by atoms with Gasteiger partial charge in [-0.15, -0.1) is 0 Å². The van der Waals surface area contributed by atoms with Gasteiger partial charge in [-0.25, -0.2) is 0 Å². The Bertz CT molecular complexity index is 454. The second-order valence-electron chi connectivity index (χ2n) is 3.61. The maximum Gasteiger partial charge on any atom is 0.256 e. The molecule has 0 saturated heterocycles. The maximum atomic E-state index is 11.8. The highest BCUT2D eigenvalue weighted by molar-refractivity contribution is 6.31. The fraction of sp³-hybridized carbons (Fsp3) is 0.333. The van der Waals surface area contributed by atoms with E-state index in [9.17, 15) is 9.90 Å². The standard InChI is InChI=1S/C12H13ClN2O2/c1-2-3-9(7-14)15-12(17)10-6-8(13)4-5-11(10)16/h4-6,9,16H,2-3H2,1H3,(H,15,17). The van der Waals surface area contributed by atoms with Gasteiger partial charge in [-0.2, -0.15) is 5.26 Å². The third-order valence-electron chi connectivity index (χ3n) is 2.24. The van der Waals surface area contributed by atoms with Gasteiger partial charge < -0.3 is 10.4 Å². The van der Waals surface area contributed by atoms with Gasteiger partial charge in [0.2, 0.25) is 0 Å². The summed E-state index contributed by atoms with van der Waals surface area (Å²) in [7, 11) is 0. The topological polar surface area (TPSA) is 73.1 Å². The molecule has 0 aromatic heterocycles. The lowest BCUT2D eigenvalue weighted by atomic mass is 10.1. The van der Waals surface area contributed by atoms with Crippen LogP contribution in [-0.4, -0.2) is 17.1 Å². The fourth-order valence-corrected chi connectivity index (χ4v) is 1.56. The van der Waals surface area contributed by atoms with Gasteiger partial charge in [0.1, 0.15) is 11.8 Å². The highest BCUT2D eigenvalue weighted by Gasteiger charge is 2.15. The number of hydrogen-bond acceptors (Lipinski definition) is 3. The summed E-state index contributed by atoms with van der Waals surface area (Å²) < 4.78 is 0. The Labute approximate surface area is 105 Å². The van der Waals surface area contributed by atoms with Crippen molar-refractivity contribution in [2.75, 3.05) is 0 Å². The molecule has 17 heavy (non-hydrogen) atoms. The van der Waals surface area contributed by atoms with E-state index in [2.05, 4.69) is 5.32 Å². The fourth-order valence-electron chi connectivity index (χ4n) is 1.38. The average molecular weight is 253 g/mol. The molecule has 0 bridgehead atoms. The van der Waals surface area contributed by atoms with Crippen LogP contribution in [0.4, 0.5) is 0 Å². The number of nitrogens with zero attached hydrogens (tertiary/aromatic N) is 1. The second kappa shape index (κ2) is 6.12. The van der Waals surface area contributed by atoms with Gasteiger partial charge in [0.05, 0.1) is 11.6 Å². The highest BCUT2D eigenvalue weighted by atomic mass is 35.5. The summed E-state index contributed by atoms with van der Waals surface area (Å²) in [5.41, 5.74) is 0.0776.